The van der Waals surface area contributed by atoms with Crippen LogP contribution >= 0.6 is 0 Å². The molecule has 2 aromatic carbocycles. The number of aliphatic hydroxyl groups is 1. The van der Waals surface area contributed by atoms with Gasteiger partial charge in [-0.15, -0.1) is 0 Å². The molecule has 0 saturated heterocycles. The van der Waals surface area contributed by atoms with Crippen molar-refractivity contribution in [3.05, 3.63) is 75.4 Å². The highest BCUT2D eigenvalue weighted by Gasteiger charge is 2.33. The summed E-state index contributed by atoms with van der Waals surface area (Å²) in [7, 11) is 1.66. The number of azide groups is 1. The monoisotopic (exact) mass is 669 g/mol. The number of halogens is 1. The van der Waals surface area contributed by atoms with Crippen molar-refractivity contribution in [2.24, 2.45) is 22.9 Å². The van der Waals surface area contributed by atoms with Crippen LogP contribution in [0.1, 0.15) is 82.4 Å². The van der Waals surface area contributed by atoms with Crippen molar-refractivity contribution in [3.8, 4) is 5.75 Å². The molecule has 0 heterocycles. The molecule has 0 bridgehead atoms. The van der Waals surface area contributed by atoms with Crippen LogP contribution in [0.15, 0.2) is 47.6 Å². The molecule has 264 valence electrons. The SMILES string of the molecule is CC[C@H](C)[C@H](NC(=O)[C@@H](C[C@H](O)[C@H](COCc1ccc(C2CC2)c(OCCCOC)c1)N=[N+]=[N-])C(C)C)C(=O)NCc1ccc(F)cc1. The summed E-state index contributed by atoms with van der Waals surface area (Å²) in [5, 5.41) is 20.7. The first-order chi connectivity index (χ1) is 23.1. The molecule has 48 heavy (non-hydrogen) atoms. The number of methoxy groups -OCH3 is 1. The zero-order valence-electron chi connectivity index (χ0n) is 28.9. The van der Waals surface area contributed by atoms with E-state index >= 15 is 0 Å². The fourth-order valence-corrected chi connectivity index (χ4v) is 5.46. The highest BCUT2D eigenvalue weighted by Crippen LogP contribution is 2.44. The predicted octanol–water partition coefficient (Wildman–Crippen LogP) is 6.18. The first-order valence-corrected chi connectivity index (χ1v) is 16.9. The van der Waals surface area contributed by atoms with Crippen LogP contribution in [-0.4, -0.2) is 62.0 Å². The van der Waals surface area contributed by atoms with Crippen molar-refractivity contribution in [2.75, 3.05) is 26.9 Å². The van der Waals surface area contributed by atoms with E-state index in [4.69, 9.17) is 14.2 Å². The predicted molar refractivity (Wildman–Crippen MR) is 182 cm³/mol. The zero-order chi connectivity index (χ0) is 35.1. The van der Waals surface area contributed by atoms with Gasteiger partial charge in [0.1, 0.15) is 17.6 Å². The molecule has 3 rings (SSSR count). The number of carbonyl (C=O) groups is 2. The lowest BCUT2D eigenvalue weighted by Crippen LogP contribution is -2.52. The third kappa shape index (κ3) is 12.4. The number of nitrogens with one attached hydrogen (secondary N) is 2. The van der Waals surface area contributed by atoms with E-state index in [0.29, 0.717) is 25.6 Å². The Bertz CT molecular complexity index is 1350. The normalized spacial score (nSPS) is 15.9. The molecular formula is C36H52FN5O6. The molecule has 1 fully saturated rings. The van der Waals surface area contributed by atoms with E-state index in [2.05, 4.69) is 26.7 Å². The molecule has 1 aliphatic rings. The lowest BCUT2D eigenvalue weighted by molar-refractivity contribution is -0.134. The van der Waals surface area contributed by atoms with Crippen molar-refractivity contribution in [2.45, 2.75) is 97.1 Å². The Morgan fingerprint density at radius 1 is 1.08 bits per heavy atom. The van der Waals surface area contributed by atoms with E-state index in [1.54, 1.807) is 19.2 Å². The molecule has 1 saturated carbocycles. The molecule has 0 spiro atoms. The van der Waals surface area contributed by atoms with Crippen LogP contribution in [0.25, 0.3) is 10.4 Å². The maximum atomic E-state index is 13.6. The van der Waals surface area contributed by atoms with Crippen LogP contribution < -0.4 is 15.4 Å². The Kier molecular flexibility index (Phi) is 16.1. The van der Waals surface area contributed by atoms with Gasteiger partial charge >= 0.3 is 0 Å². The molecule has 0 aliphatic heterocycles. The quantitative estimate of drug-likeness (QED) is 0.0588. The van der Waals surface area contributed by atoms with Gasteiger partial charge in [0.2, 0.25) is 11.8 Å². The van der Waals surface area contributed by atoms with Crippen molar-refractivity contribution in [1.82, 2.24) is 10.6 Å². The zero-order valence-corrected chi connectivity index (χ0v) is 28.9. The highest BCUT2D eigenvalue weighted by molar-refractivity contribution is 5.88. The number of hydrogen-bond donors (Lipinski definition) is 3. The lowest BCUT2D eigenvalue weighted by atomic mass is 9.86. The summed E-state index contributed by atoms with van der Waals surface area (Å²) < 4.78 is 30.4. The van der Waals surface area contributed by atoms with Gasteiger partial charge in [0.15, 0.2) is 0 Å². The highest BCUT2D eigenvalue weighted by atomic mass is 19.1. The lowest BCUT2D eigenvalue weighted by Gasteiger charge is -2.29. The second-order valence-corrected chi connectivity index (χ2v) is 13.0. The van der Waals surface area contributed by atoms with Crippen molar-refractivity contribution >= 4 is 11.8 Å². The van der Waals surface area contributed by atoms with E-state index in [9.17, 15) is 24.6 Å². The summed E-state index contributed by atoms with van der Waals surface area (Å²) >= 11 is 0. The van der Waals surface area contributed by atoms with E-state index in [-0.39, 0.29) is 55.6 Å². The van der Waals surface area contributed by atoms with E-state index in [1.807, 2.05) is 39.8 Å². The molecular weight excluding hydrogens is 617 g/mol. The molecule has 5 atom stereocenters. The standard InChI is InChI=1S/C36H52FN5O6/c1-6-24(4)34(36(45)39-20-25-8-13-28(37)14-9-25)40-35(44)30(23(2)3)19-32(43)31(41-42-38)22-47-21-26-10-15-29(27-11-12-27)33(18-26)48-17-7-16-46-5/h8-10,13-15,18,23-24,27,30-32,34,43H,6-7,11-12,16-17,19-22H2,1-5H3,(H,39,45)(H,40,44)/t24-,30-,31-,32-,34-/m0/s1. The Morgan fingerprint density at radius 2 is 1.79 bits per heavy atom. The largest absolute Gasteiger partial charge is 0.493 e. The van der Waals surface area contributed by atoms with Gasteiger partial charge in [-0.2, -0.15) is 0 Å². The Balaban J connectivity index is 1.60. The maximum Gasteiger partial charge on any atom is 0.243 e. The van der Waals surface area contributed by atoms with E-state index in [0.717, 1.165) is 36.1 Å². The van der Waals surface area contributed by atoms with Crippen LogP contribution in [0.5, 0.6) is 5.75 Å². The number of nitrogens with zero attached hydrogens (tertiary/aromatic N) is 3. The van der Waals surface area contributed by atoms with Gasteiger partial charge in [0.25, 0.3) is 0 Å². The Labute approximate surface area is 283 Å². The van der Waals surface area contributed by atoms with Gasteiger partial charge in [0.05, 0.1) is 32.0 Å². The summed E-state index contributed by atoms with van der Waals surface area (Å²) in [4.78, 5) is 29.7. The molecule has 11 nitrogen and oxygen atoms in total. The van der Waals surface area contributed by atoms with Gasteiger partial charge in [-0.1, -0.05) is 63.5 Å². The van der Waals surface area contributed by atoms with E-state index < -0.39 is 24.1 Å². The second kappa shape index (κ2) is 20.0. The number of benzene rings is 2. The van der Waals surface area contributed by atoms with Crippen molar-refractivity contribution < 1.29 is 33.3 Å². The second-order valence-electron chi connectivity index (χ2n) is 13.0. The molecule has 3 N–H and O–H groups in total. The number of carbonyl (C=O) groups excluding carboxylic acids is 2. The van der Waals surface area contributed by atoms with Crippen LogP contribution in [0.4, 0.5) is 4.39 Å². The van der Waals surface area contributed by atoms with Crippen LogP contribution in [-0.2, 0) is 32.2 Å². The Hall–Kier alpha value is -3.70. The number of amides is 2. The van der Waals surface area contributed by atoms with Gasteiger partial charge < -0.3 is 30.0 Å². The summed E-state index contributed by atoms with van der Waals surface area (Å²) in [6.07, 6.45) is 2.57. The number of ether oxygens (including phenoxy) is 3. The first kappa shape index (κ1) is 38.7. The molecule has 1 aliphatic carbocycles. The van der Waals surface area contributed by atoms with Crippen molar-refractivity contribution in [3.63, 3.8) is 0 Å². The number of rotatable bonds is 22. The maximum absolute atomic E-state index is 13.6. The molecule has 0 radical (unpaired) electrons. The summed E-state index contributed by atoms with van der Waals surface area (Å²) in [6.45, 7) is 9.08. The topological polar surface area (TPSA) is 155 Å². The average Bonchev–Trinajstić information content (AvgIpc) is 3.92. The van der Waals surface area contributed by atoms with Crippen LogP contribution in [0.2, 0.25) is 0 Å². The minimum atomic E-state index is -1.16. The van der Waals surface area contributed by atoms with Crippen LogP contribution in [0.3, 0.4) is 0 Å². The first-order valence-electron chi connectivity index (χ1n) is 16.9. The molecule has 2 amide bonds. The van der Waals surface area contributed by atoms with Gasteiger partial charge in [-0.05, 0) is 77.4 Å². The third-order valence-corrected chi connectivity index (χ3v) is 8.86. The number of hydrogen-bond acceptors (Lipinski definition) is 7. The minimum Gasteiger partial charge on any atom is -0.493 e. The average molecular weight is 670 g/mol. The van der Waals surface area contributed by atoms with Gasteiger partial charge in [-0.25, -0.2) is 4.39 Å². The van der Waals surface area contributed by atoms with E-state index in [1.165, 1.54) is 17.7 Å². The smallest absolute Gasteiger partial charge is 0.243 e. The summed E-state index contributed by atoms with van der Waals surface area (Å²) in [6, 6.07) is 10.1. The van der Waals surface area contributed by atoms with Gasteiger partial charge in [-0.3, -0.25) is 9.59 Å². The minimum absolute atomic E-state index is 0.0104. The van der Waals surface area contributed by atoms with Crippen LogP contribution in [0, 0.1) is 23.6 Å². The molecule has 0 aromatic heterocycles. The number of aliphatic hydroxyl groups excluding tert-OH is 1. The third-order valence-electron chi connectivity index (χ3n) is 8.86. The fourth-order valence-electron chi connectivity index (χ4n) is 5.46. The fraction of sp³-hybridized carbons (Fsp3) is 0.611. The Morgan fingerprint density at radius 3 is 2.42 bits per heavy atom. The van der Waals surface area contributed by atoms with Crippen molar-refractivity contribution in [1.29, 1.82) is 0 Å². The molecule has 0 unspecified atom stereocenters. The summed E-state index contributed by atoms with van der Waals surface area (Å²) in [5.74, 6) is -0.742. The molecule has 12 heteroatoms. The molecule has 2 aromatic rings. The summed E-state index contributed by atoms with van der Waals surface area (Å²) in [5.41, 5.74) is 12.1. The van der Waals surface area contributed by atoms with Gasteiger partial charge in [0, 0.05) is 37.5 Å².